The van der Waals surface area contributed by atoms with Crippen molar-refractivity contribution in [2.75, 3.05) is 11.4 Å². The van der Waals surface area contributed by atoms with Crippen LogP contribution in [0, 0.1) is 0 Å². The van der Waals surface area contributed by atoms with Gasteiger partial charge in [-0.15, -0.1) is 0 Å². The van der Waals surface area contributed by atoms with E-state index >= 15 is 0 Å². The van der Waals surface area contributed by atoms with Gasteiger partial charge in [-0.25, -0.2) is 13.1 Å². The lowest BCUT2D eigenvalue weighted by molar-refractivity contribution is 0.383. The molecular weight excluding hydrogens is 432 g/mol. The quantitative estimate of drug-likeness (QED) is 0.510. The summed E-state index contributed by atoms with van der Waals surface area (Å²) in [6.07, 6.45) is 3.81. The molecule has 3 aromatic carbocycles. The molecule has 0 saturated heterocycles. The number of phenols is 1. The minimum atomic E-state index is -3.53. The SMILES string of the molecule is CC1(C)CCN(c2cccc(-c3ccccc3O)c2)c2ccc(S(=O)(=O)NC3CCC3)cc21. The maximum Gasteiger partial charge on any atom is 0.240 e. The molecule has 0 radical (unpaired) electrons. The first-order valence-electron chi connectivity index (χ1n) is 11.6. The number of hydrogen-bond donors (Lipinski definition) is 2. The molecule has 5 rings (SSSR count). The molecule has 0 spiro atoms. The van der Waals surface area contributed by atoms with Crippen molar-refractivity contribution in [3.8, 4) is 16.9 Å². The Balaban J connectivity index is 1.53. The fraction of sp³-hybridized carbons (Fsp3) is 0.333. The molecule has 6 heteroatoms. The van der Waals surface area contributed by atoms with Crippen LogP contribution in [0.15, 0.2) is 71.6 Å². The Labute approximate surface area is 196 Å². The minimum Gasteiger partial charge on any atom is -0.507 e. The summed E-state index contributed by atoms with van der Waals surface area (Å²) < 4.78 is 28.8. The van der Waals surface area contributed by atoms with E-state index in [1.165, 1.54) is 0 Å². The predicted octanol–water partition coefficient (Wildman–Crippen LogP) is 5.71. The minimum absolute atomic E-state index is 0.0627. The second-order valence-electron chi connectivity index (χ2n) is 9.78. The van der Waals surface area contributed by atoms with Gasteiger partial charge in [0.05, 0.1) is 4.90 Å². The average Bonchev–Trinajstić information content (AvgIpc) is 2.77. The smallest absolute Gasteiger partial charge is 0.240 e. The van der Waals surface area contributed by atoms with Crippen molar-refractivity contribution in [2.45, 2.75) is 55.9 Å². The first-order valence-corrected chi connectivity index (χ1v) is 13.1. The lowest BCUT2D eigenvalue weighted by Crippen LogP contribution is -2.40. The molecule has 0 atom stereocenters. The topological polar surface area (TPSA) is 69.6 Å². The average molecular weight is 463 g/mol. The maximum absolute atomic E-state index is 13.0. The van der Waals surface area contributed by atoms with Crippen LogP contribution in [0.1, 0.15) is 45.1 Å². The van der Waals surface area contributed by atoms with Crippen molar-refractivity contribution < 1.29 is 13.5 Å². The Morgan fingerprint density at radius 2 is 1.79 bits per heavy atom. The molecule has 1 heterocycles. The van der Waals surface area contributed by atoms with Crippen LogP contribution in [0.3, 0.4) is 0 Å². The highest BCUT2D eigenvalue weighted by atomic mass is 32.2. The van der Waals surface area contributed by atoms with Gasteiger partial charge in [0.25, 0.3) is 0 Å². The third-order valence-corrected chi connectivity index (χ3v) is 8.58. The molecule has 3 aromatic rings. The van der Waals surface area contributed by atoms with Gasteiger partial charge in [-0.05, 0) is 72.2 Å². The Hall–Kier alpha value is -2.83. The number of hydrogen-bond acceptors (Lipinski definition) is 4. The van der Waals surface area contributed by atoms with E-state index in [0.717, 1.165) is 60.3 Å². The Morgan fingerprint density at radius 1 is 1.00 bits per heavy atom. The van der Waals surface area contributed by atoms with Crippen LogP contribution < -0.4 is 9.62 Å². The third-order valence-electron chi connectivity index (χ3n) is 7.06. The Kier molecular flexibility index (Phi) is 5.46. The van der Waals surface area contributed by atoms with Crippen LogP contribution in [0.2, 0.25) is 0 Å². The maximum atomic E-state index is 13.0. The van der Waals surface area contributed by atoms with E-state index in [1.54, 1.807) is 12.1 Å². The van der Waals surface area contributed by atoms with Gasteiger partial charge in [-0.2, -0.15) is 0 Å². The molecule has 0 aromatic heterocycles. The van der Waals surface area contributed by atoms with Crippen LogP contribution >= 0.6 is 0 Å². The summed E-state index contributed by atoms with van der Waals surface area (Å²) in [6, 6.07) is 21.1. The number of nitrogens with one attached hydrogen (secondary N) is 1. The zero-order valence-corrected chi connectivity index (χ0v) is 19.9. The lowest BCUT2D eigenvalue weighted by atomic mass is 9.77. The standard InChI is InChI=1S/C27H30N2O3S/c1-27(2)15-16-29(21-10-5-7-19(17-21)23-11-3-4-12-26(23)30)25-14-13-22(18-24(25)27)33(31,32)28-20-8-6-9-20/h3-5,7,10-14,17-18,20,28,30H,6,8-9,15-16H2,1-2H3. The first-order chi connectivity index (χ1) is 15.7. The van der Waals surface area contributed by atoms with Crippen LogP contribution in [0.4, 0.5) is 11.4 Å². The van der Waals surface area contributed by atoms with Gasteiger partial charge in [0.1, 0.15) is 5.75 Å². The number of rotatable bonds is 5. The van der Waals surface area contributed by atoms with Crippen molar-refractivity contribution in [3.05, 3.63) is 72.3 Å². The number of aromatic hydroxyl groups is 1. The molecule has 0 bridgehead atoms. The van der Waals surface area contributed by atoms with Crippen molar-refractivity contribution >= 4 is 21.4 Å². The van der Waals surface area contributed by atoms with Gasteiger partial charge in [-0.3, -0.25) is 0 Å². The summed E-state index contributed by atoms with van der Waals surface area (Å²) in [4.78, 5) is 2.59. The van der Waals surface area contributed by atoms with E-state index in [4.69, 9.17) is 0 Å². The molecule has 2 aliphatic rings. The summed E-state index contributed by atoms with van der Waals surface area (Å²) in [5.74, 6) is 0.253. The van der Waals surface area contributed by atoms with Gasteiger partial charge < -0.3 is 10.0 Å². The Bertz CT molecular complexity index is 1300. The van der Waals surface area contributed by atoms with E-state index < -0.39 is 10.0 Å². The second-order valence-corrected chi connectivity index (χ2v) is 11.5. The normalized spacial score (nSPS) is 17.9. The highest BCUT2D eigenvalue weighted by molar-refractivity contribution is 7.89. The van der Waals surface area contributed by atoms with E-state index in [-0.39, 0.29) is 17.2 Å². The van der Waals surface area contributed by atoms with Crippen LogP contribution in [0.5, 0.6) is 5.75 Å². The van der Waals surface area contributed by atoms with Crippen molar-refractivity contribution in [3.63, 3.8) is 0 Å². The van der Waals surface area contributed by atoms with Crippen LogP contribution in [-0.2, 0) is 15.4 Å². The largest absolute Gasteiger partial charge is 0.507 e. The van der Waals surface area contributed by atoms with E-state index in [9.17, 15) is 13.5 Å². The monoisotopic (exact) mass is 462 g/mol. The molecule has 33 heavy (non-hydrogen) atoms. The highest BCUT2D eigenvalue weighted by Gasteiger charge is 2.34. The van der Waals surface area contributed by atoms with Crippen molar-refractivity contribution in [1.82, 2.24) is 4.72 Å². The number of fused-ring (bicyclic) bond motifs is 1. The van der Waals surface area contributed by atoms with E-state index in [2.05, 4.69) is 35.6 Å². The molecule has 0 amide bonds. The van der Waals surface area contributed by atoms with Gasteiger partial charge in [0.15, 0.2) is 0 Å². The zero-order valence-electron chi connectivity index (χ0n) is 19.1. The zero-order chi connectivity index (χ0) is 23.2. The molecule has 1 aliphatic heterocycles. The fourth-order valence-corrected chi connectivity index (χ4v) is 6.08. The summed E-state index contributed by atoms with van der Waals surface area (Å²) in [7, 11) is -3.53. The number of phenolic OH excluding ortho intramolecular Hbond substituents is 1. The van der Waals surface area contributed by atoms with Crippen molar-refractivity contribution in [2.24, 2.45) is 0 Å². The molecule has 1 saturated carbocycles. The molecular formula is C27H30N2O3S. The van der Waals surface area contributed by atoms with Gasteiger partial charge in [0.2, 0.25) is 10.0 Å². The highest BCUT2D eigenvalue weighted by Crippen LogP contribution is 2.44. The number of nitrogens with zero attached hydrogens (tertiary/aromatic N) is 1. The number of benzene rings is 3. The molecule has 2 N–H and O–H groups in total. The molecule has 1 fully saturated rings. The third kappa shape index (κ3) is 4.13. The van der Waals surface area contributed by atoms with Crippen LogP contribution in [-0.4, -0.2) is 26.1 Å². The van der Waals surface area contributed by atoms with Gasteiger partial charge >= 0.3 is 0 Å². The van der Waals surface area contributed by atoms with E-state index in [0.29, 0.717) is 4.90 Å². The summed E-state index contributed by atoms with van der Waals surface area (Å²) in [6.45, 7) is 5.19. The summed E-state index contributed by atoms with van der Waals surface area (Å²) in [5, 5.41) is 10.3. The molecule has 5 nitrogen and oxygen atoms in total. The predicted molar refractivity (Wildman–Crippen MR) is 133 cm³/mol. The fourth-order valence-electron chi connectivity index (χ4n) is 4.75. The van der Waals surface area contributed by atoms with Gasteiger partial charge in [0, 0.05) is 29.5 Å². The molecule has 172 valence electrons. The summed E-state index contributed by atoms with van der Waals surface area (Å²) >= 11 is 0. The summed E-state index contributed by atoms with van der Waals surface area (Å²) in [5.41, 5.74) is 4.70. The Morgan fingerprint density at radius 3 is 2.52 bits per heavy atom. The van der Waals surface area contributed by atoms with Crippen LogP contribution in [0.25, 0.3) is 11.1 Å². The van der Waals surface area contributed by atoms with Crippen molar-refractivity contribution in [1.29, 1.82) is 0 Å². The lowest BCUT2D eigenvalue weighted by Gasteiger charge is -2.40. The number of sulfonamides is 1. The van der Waals surface area contributed by atoms with Gasteiger partial charge in [-0.1, -0.05) is 50.6 Å². The number of anilines is 2. The first kappa shape index (κ1) is 22.0. The van der Waals surface area contributed by atoms with E-state index in [1.807, 2.05) is 42.5 Å². The molecule has 0 unspecified atom stereocenters. The second kappa shape index (κ2) is 8.19. The number of para-hydroxylation sites is 1. The molecule has 1 aliphatic carbocycles.